The third kappa shape index (κ3) is 20.0. The number of nitrogens with one attached hydrogen (secondary N) is 3. The van der Waals surface area contributed by atoms with Gasteiger partial charge in [-0.15, -0.1) is 0 Å². The highest BCUT2D eigenvalue weighted by molar-refractivity contribution is 5.74. The standard InChI is InChI=1S/C60H103N3O45/c1-14-30(78)38(86)40(88)56(93-14)105-49-29(63-17(4)75)55(100-26(13-72)47(49)103-60-44(92)52(36(84)24(11-70)98-60)107-54-28(62-16(3)74)48(33(81)21(8-67)94-54)104-57-41(89)39(87)32(80)20(7-66)95-57)108-51-35(83)23(10-69)97-59(43(51)91)102-46-25(12-71)99-53(27(37(46)85)61-15(2)73)106-50-34(82)22(9-68)96-58(42(50)90)101-45(19(77)6-65)31(79)18(76)5-64/h14,18-60,64-72,76-92H,5-13H2,1-4H3,(H,61,73)(H,62,74)(H,63,75)/t14-,18-,19+,20+,21+,22+,23+,24+,25+,26+,27+,28+,29+,30+,31+,32-,33+,34-,35-,36-,37+,38+,39-,40-,41+,42+,43+,44+,45+,46+,47+,48+,49+,50-,51-,52-,53-,54-,55-,56-,57-,58-,59-,60-/m0/s1. The molecule has 628 valence electrons. The van der Waals surface area contributed by atoms with E-state index in [0.29, 0.717) is 0 Å². The highest BCUT2D eigenvalue weighted by atomic mass is 16.8. The third-order valence-electron chi connectivity index (χ3n) is 19.6. The second-order valence-electron chi connectivity index (χ2n) is 27.1. The van der Waals surface area contributed by atoms with Crippen molar-refractivity contribution in [2.45, 2.75) is 298 Å². The molecule has 0 aromatic rings. The van der Waals surface area contributed by atoms with Crippen LogP contribution in [-0.2, 0) is 90.2 Å². The SMILES string of the molecule is CC(=O)N[C@H]1[C@H](O[C@H]2[C@@H](O)[C@@H](CO)O[C@@H](O[C@@H]([C@H](O)[C@@H](O)CO)[C@H](O)CO)[C@@H]2O)O[C@H](CO)[C@@H](O[C@@H]2O[C@H](CO)[C@H](O)[C@H](O[C@@H]3O[C@H](CO)[C@@H](O[C@@H]4O[C@H](CO)[C@H](O)[C@H](O[C@@H]5O[C@H](CO)[C@@H](O)[C@H](O[C@@H]6O[C@H](CO)[C@H](O)[C@H](O)[C@H]6O)[C@H]5NC(C)=O)[C@H]4O)[C@H](O[C@@H]4O[C@@H](C)[C@@H](O)[C@@H](O)[C@@H]4O)[C@H]3NC(C)=O)[C@H]2O)[C@@H]1O. The van der Waals surface area contributed by atoms with Crippen molar-refractivity contribution in [1.29, 1.82) is 0 Å². The summed E-state index contributed by atoms with van der Waals surface area (Å²) >= 11 is 0. The first-order chi connectivity index (χ1) is 51.1. The average molecular weight is 1590 g/mol. The second-order valence-corrected chi connectivity index (χ2v) is 27.1. The molecular weight excluding hydrogens is 1480 g/mol. The lowest BCUT2D eigenvalue weighted by Crippen LogP contribution is -2.72. The van der Waals surface area contributed by atoms with Crippen molar-refractivity contribution in [3.05, 3.63) is 0 Å². The smallest absolute Gasteiger partial charge is 0.217 e. The van der Waals surface area contributed by atoms with Crippen LogP contribution in [-0.4, -0.2) is 480 Å². The van der Waals surface area contributed by atoms with Gasteiger partial charge in [0.05, 0.1) is 65.6 Å². The van der Waals surface area contributed by atoms with Crippen LogP contribution >= 0.6 is 0 Å². The molecule has 48 nitrogen and oxygen atoms in total. The summed E-state index contributed by atoms with van der Waals surface area (Å²) in [5.74, 6) is -2.88. The zero-order chi connectivity index (χ0) is 79.9. The van der Waals surface area contributed by atoms with Gasteiger partial charge in [-0.25, -0.2) is 0 Å². The fraction of sp³-hybridized carbons (Fsp3) is 0.950. The van der Waals surface area contributed by atoms with Gasteiger partial charge in [0.15, 0.2) is 50.3 Å². The summed E-state index contributed by atoms with van der Waals surface area (Å²) in [5, 5.41) is 291. The summed E-state index contributed by atoms with van der Waals surface area (Å²) in [5.41, 5.74) is 0. The molecule has 44 atom stereocenters. The Morgan fingerprint density at radius 1 is 0.296 bits per heavy atom. The van der Waals surface area contributed by atoms with Gasteiger partial charge in [-0.3, -0.25) is 14.4 Å². The fourth-order valence-electron chi connectivity index (χ4n) is 13.7. The Morgan fingerprint density at radius 2 is 0.593 bits per heavy atom. The van der Waals surface area contributed by atoms with Crippen LogP contribution in [0, 0.1) is 0 Å². The molecule has 0 aromatic carbocycles. The number of amides is 3. The summed E-state index contributed by atoms with van der Waals surface area (Å²) in [7, 11) is 0. The highest BCUT2D eigenvalue weighted by Gasteiger charge is 2.61. The largest absolute Gasteiger partial charge is 0.394 e. The number of carbonyl (C=O) groups is 3. The van der Waals surface area contributed by atoms with Crippen LogP contribution in [0.15, 0.2) is 0 Å². The van der Waals surface area contributed by atoms with Crippen LogP contribution < -0.4 is 16.0 Å². The molecule has 0 aromatic heterocycles. The number of rotatable bonds is 31. The summed E-state index contributed by atoms with van der Waals surface area (Å²) in [4.78, 5) is 39.3. The van der Waals surface area contributed by atoms with E-state index in [0.717, 1.165) is 20.8 Å². The summed E-state index contributed by atoms with van der Waals surface area (Å²) in [6, 6.07) is -5.84. The Kier molecular flexibility index (Phi) is 33.3. The Hall–Kier alpha value is -3.27. The number of hydrogen-bond donors (Lipinski definition) is 29. The van der Waals surface area contributed by atoms with Crippen molar-refractivity contribution < 1.29 is 223 Å². The van der Waals surface area contributed by atoms with Crippen molar-refractivity contribution in [2.75, 3.05) is 59.5 Å². The molecule has 0 aliphatic carbocycles. The highest BCUT2D eigenvalue weighted by Crippen LogP contribution is 2.40. The van der Waals surface area contributed by atoms with Crippen molar-refractivity contribution in [2.24, 2.45) is 0 Å². The van der Waals surface area contributed by atoms with Crippen LogP contribution in [0.2, 0.25) is 0 Å². The molecular formula is C60H103N3O45. The van der Waals surface area contributed by atoms with E-state index in [1.807, 2.05) is 0 Å². The maximum Gasteiger partial charge on any atom is 0.217 e. The van der Waals surface area contributed by atoms with Crippen LogP contribution in [0.4, 0.5) is 0 Å². The van der Waals surface area contributed by atoms with Crippen molar-refractivity contribution in [1.82, 2.24) is 16.0 Å². The summed E-state index contributed by atoms with van der Waals surface area (Å²) in [6.07, 6.45) is -84.9. The third-order valence-corrected chi connectivity index (χ3v) is 19.6. The van der Waals surface area contributed by atoms with Crippen LogP contribution in [0.3, 0.4) is 0 Å². The Morgan fingerprint density at radius 3 is 1.02 bits per heavy atom. The van der Waals surface area contributed by atoms with Crippen molar-refractivity contribution >= 4 is 17.7 Å². The molecule has 3 amide bonds. The van der Waals surface area contributed by atoms with Gasteiger partial charge >= 0.3 is 0 Å². The number of hydrogen-bond acceptors (Lipinski definition) is 45. The minimum absolute atomic E-state index is 0.913. The van der Waals surface area contributed by atoms with E-state index >= 15 is 0 Å². The lowest BCUT2D eigenvalue weighted by Gasteiger charge is -2.52. The molecule has 108 heavy (non-hydrogen) atoms. The molecule has 29 N–H and O–H groups in total. The maximum absolute atomic E-state index is 13.5. The predicted octanol–water partition coefficient (Wildman–Crippen LogP) is -19.5. The molecule has 8 heterocycles. The number of aliphatic hydroxyl groups is 26. The van der Waals surface area contributed by atoms with Gasteiger partial charge in [0.25, 0.3) is 0 Å². The topological polar surface area (TPSA) is 761 Å². The Bertz CT molecular complexity index is 2770. The minimum Gasteiger partial charge on any atom is -0.394 e. The second kappa shape index (κ2) is 39.9. The van der Waals surface area contributed by atoms with Crippen LogP contribution in [0.25, 0.3) is 0 Å². The molecule has 8 aliphatic heterocycles. The van der Waals surface area contributed by atoms with Gasteiger partial charge in [-0.1, -0.05) is 0 Å². The van der Waals surface area contributed by atoms with Crippen LogP contribution in [0.1, 0.15) is 27.7 Å². The monoisotopic (exact) mass is 1590 g/mol. The first-order valence-corrected chi connectivity index (χ1v) is 34.4. The lowest BCUT2D eigenvalue weighted by molar-refractivity contribution is -0.397. The molecule has 8 aliphatic rings. The zero-order valence-corrected chi connectivity index (χ0v) is 58.2. The molecule has 8 saturated heterocycles. The van der Waals surface area contributed by atoms with Gasteiger partial charge in [0.2, 0.25) is 17.7 Å². The molecule has 0 unspecified atom stereocenters. The first kappa shape index (κ1) is 90.3. The van der Waals surface area contributed by atoms with Gasteiger partial charge in [0, 0.05) is 20.8 Å². The Labute approximate surface area is 612 Å². The summed E-state index contributed by atoms with van der Waals surface area (Å²) < 4.78 is 94.7. The number of ether oxygens (including phenoxy) is 16. The van der Waals surface area contributed by atoms with E-state index in [9.17, 15) is 147 Å². The quantitative estimate of drug-likeness (QED) is 0.0306. The predicted molar refractivity (Wildman–Crippen MR) is 333 cm³/mol. The van der Waals surface area contributed by atoms with Gasteiger partial charge < -0.3 is 225 Å². The van der Waals surface area contributed by atoms with E-state index in [1.54, 1.807) is 0 Å². The average Bonchev–Trinajstić information content (AvgIpc) is 0.745. The number of aliphatic hydroxyl groups excluding tert-OH is 26. The molecule has 48 heteroatoms. The Balaban J connectivity index is 1.09. The minimum atomic E-state index is -2.44. The maximum atomic E-state index is 13.5. The molecule has 8 rings (SSSR count). The van der Waals surface area contributed by atoms with E-state index in [-0.39, 0.29) is 0 Å². The van der Waals surface area contributed by atoms with E-state index < -0.39 is 347 Å². The van der Waals surface area contributed by atoms with Gasteiger partial charge in [0.1, 0.15) is 213 Å². The van der Waals surface area contributed by atoms with E-state index in [2.05, 4.69) is 16.0 Å². The van der Waals surface area contributed by atoms with Crippen molar-refractivity contribution in [3.8, 4) is 0 Å². The van der Waals surface area contributed by atoms with Gasteiger partial charge in [-0.05, 0) is 6.92 Å². The molecule has 0 bridgehead atoms. The summed E-state index contributed by atoms with van der Waals surface area (Å²) in [6.45, 7) is -6.11. The molecule has 0 saturated carbocycles. The van der Waals surface area contributed by atoms with Crippen molar-refractivity contribution in [3.63, 3.8) is 0 Å². The molecule has 0 radical (unpaired) electrons. The lowest BCUT2D eigenvalue weighted by atomic mass is 9.93. The van der Waals surface area contributed by atoms with E-state index in [1.165, 1.54) is 6.92 Å². The normalized spacial score (nSPS) is 47.3. The van der Waals surface area contributed by atoms with Crippen LogP contribution in [0.5, 0.6) is 0 Å². The molecule has 8 fully saturated rings. The van der Waals surface area contributed by atoms with Gasteiger partial charge in [-0.2, -0.15) is 0 Å². The number of carbonyl (C=O) groups excluding carboxylic acids is 3. The molecule has 0 spiro atoms. The van der Waals surface area contributed by atoms with E-state index in [4.69, 9.17) is 75.8 Å². The fourth-order valence-corrected chi connectivity index (χ4v) is 13.7. The zero-order valence-electron chi connectivity index (χ0n) is 58.2. The first-order valence-electron chi connectivity index (χ1n) is 34.4.